The zero-order valence-corrected chi connectivity index (χ0v) is 12.5. The fourth-order valence-electron chi connectivity index (χ4n) is 2.75. The number of likely N-dealkylation sites (tertiary alicyclic amines) is 1. The van der Waals surface area contributed by atoms with E-state index in [1.54, 1.807) is 12.0 Å². The highest BCUT2D eigenvalue weighted by Gasteiger charge is 2.13. The third-order valence-electron chi connectivity index (χ3n) is 3.91. The Bertz CT molecular complexity index is 425. The number of nitrogens with one attached hydrogen (secondary N) is 1. The molecule has 2 rings (SSSR count). The second-order valence-electron chi connectivity index (χ2n) is 5.38. The minimum absolute atomic E-state index is 0.784. The second-order valence-corrected chi connectivity index (χ2v) is 5.38. The maximum Gasteiger partial charge on any atom is 0.137 e. The molecule has 1 aromatic rings. The Labute approximate surface area is 122 Å². The zero-order valence-electron chi connectivity index (χ0n) is 12.5. The van der Waals surface area contributed by atoms with Gasteiger partial charge in [-0.1, -0.05) is 6.08 Å². The van der Waals surface area contributed by atoms with Crippen LogP contribution < -0.4 is 14.4 Å². The van der Waals surface area contributed by atoms with Crippen molar-refractivity contribution in [2.45, 2.75) is 25.7 Å². The zero-order chi connectivity index (χ0) is 14.2. The first-order valence-corrected chi connectivity index (χ1v) is 7.57. The van der Waals surface area contributed by atoms with E-state index in [0.29, 0.717) is 0 Å². The predicted octanol–water partition coefficient (Wildman–Crippen LogP) is 1.87. The average Bonchev–Trinajstić information content (AvgIpc) is 2.50. The number of quaternary nitrogens is 1. The molecule has 3 nitrogen and oxygen atoms in total. The van der Waals surface area contributed by atoms with Gasteiger partial charge in [0.05, 0.1) is 20.2 Å². The van der Waals surface area contributed by atoms with Crippen molar-refractivity contribution in [1.82, 2.24) is 0 Å². The number of allylic oxidation sites excluding steroid dienone is 1. The molecule has 0 atom stereocenters. The van der Waals surface area contributed by atoms with Gasteiger partial charge in [0.15, 0.2) is 0 Å². The first-order valence-electron chi connectivity index (χ1n) is 7.57. The standard InChI is InChI=1S/C17H25NO2/c1-3-7-15-14-16(19-2)8-9-17(15)20-13-12-18-10-5-4-6-11-18/h3,8-9,14H,1,4-7,10-13H2,2H3/p+1. The Morgan fingerprint density at radius 3 is 2.75 bits per heavy atom. The molecule has 0 radical (unpaired) electrons. The quantitative estimate of drug-likeness (QED) is 0.768. The highest BCUT2D eigenvalue weighted by atomic mass is 16.5. The van der Waals surface area contributed by atoms with E-state index in [4.69, 9.17) is 9.47 Å². The fourth-order valence-corrected chi connectivity index (χ4v) is 2.75. The lowest BCUT2D eigenvalue weighted by Gasteiger charge is -2.23. The largest absolute Gasteiger partial charge is 0.497 e. The Morgan fingerprint density at radius 2 is 2.05 bits per heavy atom. The number of methoxy groups -OCH3 is 1. The molecule has 0 aliphatic carbocycles. The van der Waals surface area contributed by atoms with Crippen molar-refractivity contribution in [2.24, 2.45) is 0 Å². The van der Waals surface area contributed by atoms with Crippen LogP contribution in [0.2, 0.25) is 0 Å². The van der Waals surface area contributed by atoms with E-state index in [2.05, 4.69) is 6.58 Å². The van der Waals surface area contributed by atoms with E-state index in [9.17, 15) is 0 Å². The summed E-state index contributed by atoms with van der Waals surface area (Å²) in [4.78, 5) is 1.68. The van der Waals surface area contributed by atoms with Gasteiger partial charge in [0.2, 0.25) is 0 Å². The van der Waals surface area contributed by atoms with Crippen LogP contribution in [0.5, 0.6) is 11.5 Å². The van der Waals surface area contributed by atoms with Crippen LogP contribution in [0, 0.1) is 0 Å². The molecule has 20 heavy (non-hydrogen) atoms. The van der Waals surface area contributed by atoms with Gasteiger partial charge < -0.3 is 14.4 Å². The molecule has 0 spiro atoms. The van der Waals surface area contributed by atoms with Gasteiger partial charge in [0.25, 0.3) is 0 Å². The van der Waals surface area contributed by atoms with Crippen LogP contribution in [-0.4, -0.2) is 33.4 Å². The molecule has 1 saturated heterocycles. The minimum Gasteiger partial charge on any atom is -0.497 e. The summed E-state index contributed by atoms with van der Waals surface area (Å²) in [7, 11) is 1.69. The van der Waals surface area contributed by atoms with Gasteiger partial charge in [-0.25, -0.2) is 0 Å². The molecule has 3 heteroatoms. The van der Waals surface area contributed by atoms with Crippen molar-refractivity contribution < 1.29 is 14.4 Å². The Balaban J connectivity index is 1.88. The van der Waals surface area contributed by atoms with E-state index in [1.165, 1.54) is 32.4 Å². The van der Waals surface area contributed by atoms with Gasteiger partial charge in [-0.3, -0.25) is 0 Å². The molecule has 1 aliphatic rings. The van der Waals surface area contributed by atoms with Gasteiger partial charge in [-0.2, -0.15) is 0 Å². The van der Waals surface area contributed by atoms with Crippen LogP contribution in [0.25, 0.3) is 0 Å². The Morgan fingerprint density at radius 1 is 1.25 bits per heavy atom. The fraction of sp³-hybridized carbons (Fsp3) is 0.529. The first-order chi connectivity index (χ1) is 9.83. The number of piperidine rings is 1. The number of hydrogen-bond donors (Lipinski definition) is 1. The molecule has 110 valence electrons. The molecule has 0 aromatic heterocycles. The number of ether oxygens (including phenoxy) is 2. The number of hydrogen-bond acceptors (Lipinski definition) is 2. The Kier molecular flexibility index (Phi) is 5.93. The summed E-state index contributed by atoms with van der Waals surface area (Å²) in [6.45, 7) is 8.28. The smallest absolute Gasteiger partial charge is 0.137 e. The molecule has 0 saturated carbocycles. The molecule has 0 unspecified atom stereocenters. The molecule has 1 fully saturated rings. The first kappa shape index (κ1) is 14.9. The summed E-state index contributed by atoms with van der Waals surface area (Å²) in [6, 6.07) is 5.99. The van der Waals surface area contributed by atoms with Gasteiger partial charge in [0.1, 0.15) is 24.7 Å². The summed E-state index contributed by atoms with van der Waals surface area (Å²) in [6.07, 6.45) is 6.83. The van der Waals surface area contributed by atoms with Crippen molar-refractivity contribution >= 4 is 0 Å². The molecular weight excluding hydrogens is 250 g/mol. The minimum atomic E-state index is 0.784. The molecule has 1 aliphatic heterocycles. The van der Waals surface area contributed by atoms with Crippen LogP contribution in [0.1, 0.15) is 24.8 Å². The highest BCUT2D eigenvalue weighted by Crippen LogP contribution is 2.24. The number of rotatable bonds is 7. The SMILES string of the molecule is C=CCc1cc(OC)ccc1OCC[NH+]1CCCCC1. The van der Waals surface area contributed by atoms with Crippen molar-refractivity contribution in [3.63, 3.8) is 0 Å². The van der Waals surface area contributed by atoms with E-state index in [-0.39, 0.29) is 0 Å². The average molecular weight is 276 g/mol. The highest BCUT2D eigenvalue weighted by molar-refractivity contribution is 5.41. The third kappa shape index (κ3) is 4.27. The molecule has 0 bridgehead atoms. The van der Waals surface area contributed by atoms with E-state index >= 15 is 0 Å². The summed E-state index contributed by atoms with van der Waals surface area (Å²) >= 11 is 0. The maximum atomic E-state index is 5.97. The summed E-state index contributed by atoms with van der Waals surface area (Å²) in [5, 5.41) is 0. The van der Waals surface area contributed by atoms with Crippen molar-refractivity contribution in [2.75, 3.05) is 33.4 Å². The molecule has 1 N–H and O–H groups in total. The monoisotopic (exact) mass is 276 g/mol. The second kappa shape index (κ2) is 7.95. The van der Waals surface area contributed by atoms with Crippen LogP contribution >= 0.6 is 0 Å². The van der Waals surface area contributed by atoms with E-state index < -0.39 is 0 Å². The van der Waals surface area contributed by atoms with Gasteiger partial charge in [0, 0.05) is 5.56 Å². The maximum absolute atomic E-state index is 5.97. The molecule has 1 aromatic carbocycles. The molecule has 0 amide bonds. The predicted molar refractivity (Wildman–Crippen MR) is 81.8 cm³/mol. The van der Waals surface area contributed by atoms with Crippen molar-refractivity contribution in [3.8, 4) is 11.5 Å². The van der Waals surface area contributed by atoms with Crippen LogP contribution in [0.3, 0.4) is 0 Å². The van der Waals surface area contributed by atoms with Crippen LogP contribution in [0.4, 0.5) is 0 Å². The van der Waals surface area contributed by atoms with Crippen molar-refractivity contribution in [1.29, 1.82) is 0 Å². The number of benzene rings is 1. The van der Waals surface area contributed by atoms with E-state index in [1.807, 2.05) is 24.3 Å². The lowest BCUT2D eigenvalue weighted by atomic mass is 10.1. The lowest BCUT2D eigenvalue weighted by molar-refractivity contribution is -0.904. The summed E-state index contributed by atoms with van der Waals surface area (Å²) in [5.74, 6) is 1.83. The normalized spacial score (nSPS) is 15.8. The molecule has 1 heterocycles. The third-order valence-corrected chi connectivity index (χ3v) is 3.91. The van der Waals surface area contributed by atoms with Crippen LogP contribution in [-0.2, 0) is 6.42 Å². The van der Waals surface area contributed by atoms with Crippen molar-refractivity contribution in [3.05, 3.63) is 36.4 Å². The lowest BCUT2D eigenvalue weighted by Crippen LogP contribution is -3.13. The van der Waals surface area contributed by atoms with Gasteiger partial charge in [-0.15, -0.1) is 6.58 Å². The van der Waals surface area contributed by atoms with E-state index in [0.717, 1.165) is 36.6 Å². The Hall–Kier alpha value is -1.48. The topological polar surface area (TPSA) is 22.9 Å². The van der Waals surface area contributed by atoms with Crippen LogP contribution in [0.15, 0.2) is 30.9 Å². The van der Waals surface area contributed by atoms with Gasteiger partial charge in [-0.05, 0) is 43.9 Å². The van der Waals surface area contributed by atoms with Gasteiger partial charge >= 0.3 is 0 Å². The molecular formula is C17H26NO2+. The summed E-state index contributed by atoms with van der Waals surface area (Å²) < 4.78 is 11.2. The summed E-state index contributed by atoms with van der Waals surface area (Å²) in [5.41, 5.74) is 1.15.